The molecule has 1 aliphatic rings. The van der Waals surface area contributed by atoms with E-state index in [0.717, 1.165) is 5.39 Å². The first kappa shape index (κ1) is 27.2. The number of fused-ring (bicyclic) bond motifs is 2. The Labute approximate surface area is 236 Å². The van der Waals surface area contributed by atoms with Crippen LogP contribution in [0.4, 0.5) is 0 Å². The molecule has 9 nitrogen and oxygen atoms in total. The number of aliphatic carboxylic acids is 1. The van der Waals surface area contributed by atoms with E-state index in [9.17, 15) is 24.6 Å². The largest absolute Gasteiger partial charge is 0.480 e. The Hall–Kier alpha value is -3.41. The average molecular weight is 588 g/mol. The maximum Gasteiger partial charge on any atom is 0.327 e. The number of nitrogens with zero attached hydrogens (tertiary/aromatic N) is 1. The zero-order valence-corrected chi connectivity index (χ0v) is 22.6. The molecular formula is C27H23Cl2N3O6S. The van der Waals surface area contributed by atoms with Crippen LogP contribution < -0.4 is 10.6 Å². The molecule has 0 aliphatic carbocycles. The van der Waals surface area contributed by atoms with Gasteiger partial charge < -0.3 is 24.8 Å². The van der Waals surface area contributed by atoms with E-state index in [0.29, 0.717) is 34.6 Å². The van der Waals surface area contributed by atoms with Crippen molar-refractivity contribution in [1.82, 2.24) is 15.5 Å². The van der Waals surface area contributed by atoms with E-state index in [4.69, 9.17) is 27.6 Å². The van der Waals surface area contributed by atoms with Crippen LogP contribution in [-0.4, -0.2) is 52.0 Å². The molecule has 0 saturated heterocycles. The first-order valence-corrected chi connectivity index (χ1v) is 13.6. The summed E-state index contributed by atoms with van der Waals surface area (Å²) in [5, 5.41) is 27.7. The molecule has 2 amide bonds. The zero-order chi connectivity index (χ0) is 27.7. The van der Waals surface area contributed by atoms with Gasteiger partial charge in [-0.25, -0.2) is 4.79 Å². The number of amides is 2. The molecule has 2 aromatic carbocycles. The Morgan fingerprint density at radius 1 is 1.13 bits per heavy atom. The number of aliphatic hydroxyl groups is 1. The van der Waals surface area contributed by atoms with E-state index >= 15 is 0 Å². The highest BCUT2D eigenvalue weighted by Gasteiger charge is 2.30. The summed E-state index contributed by atoms with van der Waals surface area (Å²) in [5.41, 5.74) is 1.93. The number of furan rings is 1. The SMILES string of the molecule is O=C(N[C@@H](CNC(O)c1cccs1)C(=O)O)c1c(Cl)cc2c(c1Cl)CCN(C(=O)c1cc3ccccc3o1)C2. The maximum absolute atomic E-state index is 13.1. The molecule has 202 valence electrons. The van der Waals surface area contributed by atoms with Crippen molar-refractivity contribution in [3.63, 3.8) is 0 Å². The number of carboxylic acid groups (broad SMARTS) is 1. The average Bonchev–Trinajstić information content (AvgIpc) is 3.60. The molecule has 1 aliphatic heterocycles. The molecule has 4 N–H and O–H groups in total. The van der Waals surface area contributed by atoms with Crippen LogP contribution in [-0.2, 0) is 17.8 Å². The van der Waals surface area contributed by atoms with Crippen LogP contribution in [0.5, 0.6) is 0 Å². The molecule has 5 rings (SSSR count). The Balaban J connectivity index is 1.30. The van der Waals surface area contributed by atoms with Crippen molar-refractivity contribution in [3.05, 3.63) is 91.3 Å². The molecule has 39 heavy (non-hydrogen) atoms. The van der Waals surface area contributed by atoms with E-state index < -0.39 is 24.1 Å². The summed E-state index contributed by atoms with van der Waals surface area (Å²) < 4.78 is 5.72. The number of halogens is 2. The monoisotopic (exact) mass is 587 g/mol. The second kappa shape index (κ2) is 11.4. The number of para-hydroxylation sites is 1. The highest BCUT2D eigenvalue weighted by Crippen LogP contribution is 2.35. The van der Waals surface area contributed by atoms with E-state index in [1.165, 1.54) is 11.3 Å². The van der Waals surface area contributed by atoms with Crippen molar-refractivity contribution in [3.8, 4) is 0 Å². The smallest absolute Gasteiger partial charge is 0.327 e. The summed E-state index contributed by atoms with van der Waals surface area (Å²) in [5.74, 6) is -2.09. The van der Waals surface area contributed by atoms with Crippen LogP contribution in [0.1, 0.15) is 43.1 Å². The van der Waals surface area contributed by atoms with Gasteiger partial charge in [-0.1, -0.05) is 47.5 Å². The van der Waals surface area contributed by atoms with E-state index in [1.807, 2.05) is 18.2 Å². The lowest BCUT2D eigenvalue weighted by Gasteiger charge is -2.30. The van der Waals surface area contributed by atoms with Crippen LogP contribution >= 0.6 is 34.5 Å². The summed E-state index contributed by atoms with van der Waals surface area (Å²) in [7, 11) is 0. The minimum Gasteiger partial charge on any atom is -0.480 e. The van der Waals surface area contributed by atoms with E-state index in [-0.39, 0.29) is 40.4 Å². The van der Waals surface area contributed by atoms with Crippen molar-refractivity contribution in [2.24, 2.45) is 0 Å². The van der Waals surface area contributed by atoms with E-state index in [1.54, 1.807) is 40.6 Å². The van der Waals surface area contributed by atoms with Gasteiger partial charge in [0.1, 0.15) is 17.9 Å². The van der Waals surface area contributed by atoms with Crippen molar-refractivity contribution < 1.29 is 29.0 Å². The van der Waals surface area contributed by atoms with E-state index in [2.05, 4.69) is 10.6 Å². The standard InChI is InChI=1S/C27H23Cl2N3O6S/c28-17-10-15-13-32(26(35)20-11-14-4-1-2-5-19(14)38-20)8-7-16(15)23(29)22(17)25(34)31-18(27(36)37)12-30-24(33)21-6-3-9-39-21/h1-6,9-11,18,24,30,33H,7-8,12-13H2,(H,31,34)(H,36,37)/t18-,24?/m0/s1. The predicted molar refractivity (Wildman–Crippen MR) is 147 cm³/mol. The summed E-state index contributed by atoms with van der Waals surface area (Å²) in [4.78, 5) is 40.2. The first-order chi connectivity index (χ1) is 18.7. The minimum absolute atomic E-state index is 0.0324. The van der Waals surface area contributed by atoms with Crippen LogP contribution in [0.15, 0.2) is 58.3 Å². The zero-order valence-electron chi connectivity index (χ0n) is 20.3. The van der Waals surface area contributed by atoms with Gasteiger partial charge in [0, 0.05) is 29.9 Å². The van der Waals surface area contributed by atoms with Crippen LogP contribution in [0.2, 0.25) is 10.0 Å². The Morgan fingerprint density at radius 3 is 2.64 bits per heavy atom. The van der Waals surface area contributed by atoms with Gasteiger partial charge in [0.15, 0.2) is 5.76 Å². The first-order valence-electron chi connectivity index (χ1n) is 12.0. The van der Waals surface area contributed by atoms with Crippen molar-refractivity contribution in [2.75, 3.05) is 13.1 Å². The normalized spacial score (nSPS) is 14.6. The fourth-order valence-corrected chi connectivity index (χ4v) is 5.93. The molecule has 12 heteroatoms. The molecule has 2 aromatic heterocycles. The summed E-state index contributed by atoms with van der Waals surface area (Å²) in [6, 6.07) is 12.7. The molecule has 0 fully saturated rings. The lowest BCUT2D eigenvalue weighted by molar-refractivity contribution is -0.139. The lowest BCUT2D eigenvalue weighted by atomic mass is 9.96. The van der Waals surface area contributed by atoms with Crippen molar-refractivity contribution in [2.45, 2.75) is 25.2 Å². The van der Waals surface area contributed by atoms with Gasteiger partial charge >= 0.3 is 5.97 Å². The predicted octanol–water partition coefficient (Wildman–Crippen LogP) is 4.46. The van der Waals surface area contributed by atoms with Gasteiger partial charge in [-0.2, -0.15) is 0 Å². The second-order valence-corrected chi connectivity index (χ2v) is 10.8. The summed E-state index contributed by atoms with van der Waals surface area (Å²) >= 11 is 14.4. The number of hydrogen-bond acceptors (Lipinski definition) is 7. The fourth-order valence-electron chi connectivity index (χ4n) is 4.48. The van der Waals surface area contributed by atoms with Gasteiger partial charge in [-0.05, 0) is 47.2 Å². The number of aliphatic hydroxyl groups excluding tert-OH is 1. The number of carboxylic acids is 1. The van der Waals surface area contributed by atoms with Crippen LogP contribution in [0.3, 0.4) is 0 Å². The quantitative estimate of drug-likeness (QED) is 0.224. The lowest BCUT2D eigenvalue weighted by Crippen LogP contribution is -2.48. The molecule has 0 saturated carbocycles. The fraction of sp³-hybridized carbons (Fsp3) is 0.222. The highest BCUT2D eigenvalue weighted by atomic mass is 35.5. The molecule has 0 bridgehead atoms. The molecular weight excluding hydrogens is 565 g/mol. The Bertz CT molecular complexity index is 1520. The number of carbonyl (C=O) groups excluding carboxylic acids is 2. The van der Waals surface area contributed by atoms with Crippen LogP contribution in [0, 0.1) is 0 Å². The Kier molecular flexibility index (Phi) is 7.92. The molecule has 0 spiro atoms. The molecule has 4 aromatic rings. The summed E-state index contributed by atoms with van der Waals surface area (Å²) in [6.45, 7) is 0.321. The number of thiophene rings is 1. The van der Waals surface area contributed by atoms with Gasteiger partial charge in [0.2, 0.25) is 0 Å². The highest BCUT2D eigenvalue weighted by molar-refractivity contribution is 7.10. The van der Waals surface area contributed by atoms with Crippen molar-refractivity contribution >= 4 is 63.3 Å². The molecule has 1 unspecified atom stereocenters. The minimum atomic E-state index is -1.35. The third-order valence-electron chi connectivity index (χ3n) is 6.49. The van der Waals surface area contributed by atoms with Gasteiger partial charge in [-0.15, -0.1) is 11.3 Å². The molecule has 3 heterocycles. The van der Waals surface area contributed by atoms with Gasteiger partial charge in [0.05, 0.1) is 15.6 Å². The molecule has 0 radical (unpaired) electrons. The van der Waals surface area contributed by atoms with Crippen molar-refractivity contribution in [1.29, 1.82) is 0 Å². The third kappa shape index (κ3) is 5.66. The number of carbonyl (C=O) groups is 3. The maximum atomic E-state index is 13.1. The summed E-state index contributed by atoms with van der Waals surface area (Å²) in [6.07, 6.45) is -0.709. The number of rotatable bonds is 8. The number of nitrogens with one attached hydrogen (secondary N) is 2. The third-order valence-corrected chi connectivity index (χ3v) is 8.13. The topological polar surface area (TPSA) is 132 Å². The van der Waals surface area contributed by atoms with Gasteiger partial charge in [0.25, 0.3) is 11.8 Å². The Morgan fingerprint density at radius 2 is 1.92 bits per heavy atom. The molecule has 2 atom stereocenters. The van der Waals surface area contributed by atoms with Gasteiger partial charge in [-0.3, -0.25) is 14.9 Å². The number of benzene rings is 2. The second-order valence-electron chi connectivity index (χ2n) is 9.00. The van der Waals surface area contributed by atoms with Crippen LogP contribution in [0.25, 0.3) is 11.0 Å². The number of hydrogen-bond donors (Lipinski definition) is 4.